The first-order chi connectivity index (χ1) is 7.85. The first-order valence-electron chi connectivity index (χ1n) is 5.45. The largest absolute Gasteiger partial charge is 0.371 e. The minimum atomic E-state index is -0.624. The topological polar surface area (TPSA) is 54.0 Å². The van der Waals surface area contributed by atoms with E-state index in [-0.39, 0.29) is 16.8 Å². The van der Waals surface area contributed by atoms with Crippen LogP contribution in [0.4, 0.5) is 10.2 Å². The Morgan fingerprint density at radius 2 is 2.12 bits per heavy atom. The Morgan fingerprint density at radius 3 is 2.65 bits per heavy atom. The lowest BCUT2D eigenvalue weighted by atomic mass is 9.97. The molecule has 94 valence electrons. The molecule has 1 rings (SSSR count). The molecular weight excluding hydrogens is 221 g/mol. The van der Waals surface area contributed by atoms with E-state index in [0.717, 1.165) is 0 Å². The standard InChI is InChI=1S/C12H18FN3O/c1-12(2,3)7-16-11(17)8-5-6-15-10(14-4)9(8)13/h5-6H,7H2,1-4H3,(H,14,15)(H,16,17). The van der Waals surface area contributed by atoms with Crippen molar-refractivity contribution in [3.05, 3.63) is 23.6 Å². The van der Waals surface area contributed by atoms with E-state index in [1.165, 1.54) is 12.3 Å². The number of carbonyl (C=O) groups is 1. The predicted octanol–water partition coefficient (Wildman–Crippen LogP) is 2.04. The van der Waals surface area contributed by atoms with Crippen LogP contribution in [0.2, 0.25) is 0 Å². The summed E-state index contributed by atoms with van der Waals surface area (Å²) in [5.74, 6) is -0.967. The molecule has 0 radical (unpaired) electrons. The molecule has 0 spiro atoms. The fourth-order valence-corrected chi connectivity index (χ4v) is 1.23. The second kappa shape index (κ2) is 5.12. The number of carbonyl (C=O) groups excluding carboxylic acids is 1. The van der Waals surface area contributed by atoms with Gasteiger partial charge in [-0.2, -0.15) is 0 Å². The summed E-state index contributed by atoms with van der Waals surface area (Å²) in [6.45, 7) is 6.47. The number of anilines is 1. The third-order valence-electron chi connectivity index (χ3n) is 2.15. The summed E-state index contributed by atoms with van der Waals surface area (Å²) in [7, 11) is 1.56. The summed E-state index contributed by atoms with van der Waals surface area (Å²) < 4.78 is 13.8. The van der Waals surface area contributed by atoms with Gasteiger partial charge in [-0.05, 0) is 11.5 Å². The summed E-state index contributed by atoms with van der Waals surface area (Å²) in [6.07, 6.45) is 1.40. The lowest BCUT2D eigenvalue weighted by Crippen LogP contribution is -2.32. The van der Waals surface area contributed by atoms with E-state index in [1.807, 2.05) is 20.8 Å². The minimum absolute atomic E-state index is 0.00796. The number of halogens is 1. The Balaban J connectivity index is 2.83. The van der Waals surface area contributed by atoms with Crippen LogP contribution in [0, 0.1) is 11.2 Å². The van der Waals surface area contributed by atoms with Gasteiger partial charge >= 0.3 is 0 Å². The molecule has 0 unspecified atom stereocenters. The third kappa shape index (κ3) is 3.69. The van der Waals surface area contributed by atoms with Crippen molar-refractivity contribution in [1.29, 1.82) is 0 Å². The van der Waals surface area contributed by atoms with Crippen LogP contribution in [0.5, 0.6) is 0 Å². The maximum atomic E-state index is 13.8. The van der Waals surface area contributed by atoms with Gasteiger partial charge in [0.05, 0.1) is 5.56 Å². The maximum absolute atomic E-state index is 13.8. The third-order valence-corrected chi connectivity index (χ3v) is 2.15. The lowest BCUT2D eigenvalue weighted by Gasteiger charge is -2.18. The summed E-state index contributed by atoms with van der Waals surface area (Å²) in [5.41, 5.74) is -0.0287. The summed E-state index contributed by atoms with van der Waals surface area (Å²) in [4.78, 5) is 15.6. The van der Waals surface area contributed by atoms with Crippen LogP contribution in [0.1, 0.15) is 31.1 Å². The van der Waals surface area contributed by atoms with E-state index >= 15 is 0 Å². The number of aromatic nitrogens is 1. The zero-order valence-corrected chi connectivity index (χ0v) is 10.6. The molecule has 0 aliphatic heterocycles. The van der Waals surface area contributed by atoms with Gasteiger partial charge in [-0.25, -0.2) is 9.37 Å². The Kier molecular flexibility index (Phi) is 4.04. The van der Waals surface area contributed by atoms with Crippen LogP contribution in [0.25, 0.3) is 0 Å². The van der Waals surface area contributed by atoms with Gasteiger partial charge in [0.25, 0.3) is 5.91 Å². The van der Waals surface area contributed by atoms with E-state index in [9.17, 15) is 9.18 Å². The highest BCUT2D eigenvalue weighted by molar-refractivity contribution is 5.95. The van der Waals surface area contributed by atoms with Crippen molar-refractivity contribution >= 4 is 11.7 Å². The van der Waals surface area contributed by atoms with E-state index in [4.69, 9.17) is 0 Å². The van der Waals surface area contributed by atoms with Crippen LogP contribution < -0.4 is 10.6 Å². The van der Waals surface area contributed by atoms with Gasteiger partial charge in [0.15, 0.2) is 11.6 Å². The van der Waals surface area contributed by atoms with Crippen LogP contribution in [-0.2, 0) is 0 Å². The predicted molar refractivity (Wildman–Crippen MR) is 65.5 cm³/mol. The van der Waals surface area contributed by atoms with E-state index in [2.05, 4.69) is 15.6 Å². The van der Waals surface area contributed by atoms with Crippen molar-refractivity contribution in [2.75, 3.05) is 18.9 Å². The molecule has 5 heteroatoms. The Labute approximate surface area is 101 Å². The number of amides is 1. The molecule has 0 fully saturated rings. The molecule has 1 aromatic heterocycles. The van der Waals surface area contributed by atoms with Crippen molar-refractivity contribution in [2.24, 2.45) is 5.41 Å². The fourth-order valence-electron chi connectivity index (χ4n) is 1.23. The van der Waals surface area contributed by atoms with Gasteiger partial charge in [-0.3, -0.25) is 4.79 Å². The molecule has 1 heterocycles. The van der Waals surface area contributed by atoms with Gasteiger partial charge in [0, 0.05) is 19.8 Å². The van der Waals surface area contributed by atoms with Gasteiger partial charge < -0.3 is 10.6 Å². The van der Waals surface area contributed by atoms with Gasteiger partial charge in [-0.15, -0.1) is 0 Å². The van der Waals surface area contributed by atoms with Crippen molar-refractivity contribution < 1.29 is 9.18 Å². The van der Waals surface area contributed by atoms with E-state index in [0.29, 0.717) is 6.54 Å². The first-order valence-corrected chi connectivity index (χ1v) is 5.45. The molecule has 0 saturated carbocycles. The Bertz CT molecular complexity index is 413. The van der Waals surface area contributed by atoms with Crippen LogP contribution in [-0.4, -0.2) is 24.5 Å². The zero-order valence-electron chi connectivity index (χ0n) is 10.6. The van der Waals surface area contributed by atoms with Gasteiger partial charge in [-0.1, -0.05) is 20.8 Å². The molecule has 0 aliphatic carbocycles. The lowest BCUT2D eigenvalue weighted by molar-refractivity contribution is 0.0935. The molecular formula is C12H18FN3O. The molecule has 4 nitrogen and oxygen atoms in total. The highest BCUT2D eigenvalue weighted by Crippen LogP contribution is 2.15. The highest BCUT2D eigenvalue weighted by atomic mass is 19.1. The van der Waals surface area contributed by atoms with Crippen molar-refractivity contribution in [1.82, 2.24) is 10.3 Å². The molecule has 0 atom stereocenters. The average Bonchev–Trinajstić information content (AvgIpc) is 2.25. The average molecular weight is 239 g/mol. The molecule has 0 aliphatic rings. The quantitative estimate of drug-likeness (QED) is 0.848. The molecule has 1 aromatic rings. The number of hydrogen-bond acceptors (Lipinski definition) is 3. The SMILES string of the molecule is CNc1nccc(C(=O)NCC(C)(C)C)c1F. The normalized spacial score (nSPS) is 11.1. The molecule has 1 amide bonds. The maximum Gasteiger partial charge on any atom is 0.254 e. The number of hydrogen-bond donors (Lipinski definition) is 2. The monoisotopic (exact) mass is 239 g/mol. The minimum Gasteiger partial charge on any atom is -0.371 e. The van der Waals surface area contributed by atoms with Crippen LogP contribution >= 0.6 is 0 Å². The van der Waals surface area contributed by atoms with Crippen molar-refractivity contribution in [3.8, 4) is 0 Å². The molecule has 0 bridgehead atoms. The van der Waals surface area contributed by atoms with E-state index < -0.39 is 11.7 Å². The van der Waals surface area contributed by atoms with Crippen molar-refractivity contribution in [3.63, 3.8) is 0 Å². The number of pyridine rings is 1. The van der Waals surface area contributed by atoms with Gasteiger partial charge in [0.1, 0.15) is 0 Å². The molecule has 17 heavy (non-hydrogen) atoms. The fraction of sp³-hybridized carbons (Fsp3) is 0.500. The number of nitrogens with one attached hydrogen (secondary N) is 2. The summed E-state index contributed by atoms with van der Waals surface area (Å²) in [5, 5.41) is 5.29. The second-order valence-electron chi connectivity index (χ2n) is 5.01. The molecule has 0 aromatic carbocycles. The molecule has 2 N–H and O–H groups in total. The smallest absolute Gasteiger partial charge is 0.254 e. The summed E-state index contributed by atoms with van der Waals surface area (Å²) >= 11 is 0. The number of nitrogens with zero attached hydrogens (tertiary/aromatic N) is 1. The van der Waals surface area contributed by atoms with E-state index in [1.54, 1.807) is 7.05 Å². The highest BCUT2D eigenvalue weighted by Gasteiger charge is 2.17. The van der Waals surface area contributed by atoms with Crippen molar-refractivity contribution in [2.45, 2.75) is 20.8 Å². The second-order valence-corrected chi connectivity index (χ2v) is 5.01. The number of rotatable bonds is 3. The first kappa shape index (κ1) is 13.4. The Hall–Kier alpha value is -1.65. The summed E-state index contributed by atoms with van der Waals surface area (Å²) in [6, 6.07) is 1.37. The van der Waals surface area contributed by atoms with Gasteiger partial charge in [0.2, 0.25) is 0 Å². The van der Waals surface area contributed by atoms with Crippen LogP contribution in [0.15, 0.2) is 12.3 Å². The Morgan fingerprint density at radius 1 is 1.47 bits per heavy atom. The van der Waals surface area contributed by atoms with Crippen LogP contribution in [0.3, 0.4) is 0 Å². The molecule has 0 saturated heterocycles. The zero-order chi connectivity index (χ0) is 13.1.